The van der Waals surface area contributed by atoms with Crippen LogP contribution in [-0.4, -0.2) is 54.4 Å². The molecule has 152 valence electrons. The zero-order chi connectivity index (χ0) is 20.1. The Labute approximate surface area is 171 Å². The molecule has 0 radical (unpaired) electrons. The van der Waals surface area contributed by atoms with Crippen molar-refractivity contribution in [2.45, 2.75) is 25.8 Å². The number of carbonyl (C=O) groups excluding carboxylic acids is 2. The van der Waals surface area contributed by atoms with Gasteiger partial charge < -0.3 is 15.0 Å². The topological polar surface area (TPSA) is 61.9 Å². The second-order valence-corrected chi connectivity index (χ2v) is 7.65. The Hall–Kier alpha value is -2.86. The normalized spacial score (nSPS) is 17.2. The van der Waals surface area contributed by atoms with E-state index in [-0.39, 0.29) is 18.4 Å². The van der Waals surface area contributed by atoms with Crippen molar-refractivity contribution in [3.8, 4) is 5.75 Å². The van der Waals surface area contributed by atoms with E-state index in [1.54, 1.807) is 0 Å². The van der Waals surface area contributed by atoms with E-state index in [0.29, 0.717) is 18.6 Å². The van der Waals surface area contributed by atoms with Crippen LogP contribution < -0.4 is 10.1 Å². The lowest BCUT2D eigenvalue weighted by molar-refractivity contribution is -0.133. The van der Waals surface area contributed by atoms with Gasteiger partial charge in [0, 0.05) is 44.8 Å². The van der Waals surface area contributed by atoms with Crippen molar-refractivity contribution in [2.75, 3.05) is 38.1 Å². The quantitative estimate of drug-likeness (QED) is 0.849. The second-order valence-electron chi connectivity index (χ2n) is 7.65. The lowest BCUT2D eigenvalue weighted by Crippen LogP contribution is -2.38. The summed E-state index contributed by atoms with van der Waals surface area (Å²) in [6.45, 7) is 4.33. The van der Waals surface area contributed by atoms with Crippen LogP contribution in [0.2, 0.25) is 0 Å². The van der Waals surface area contributed by atoms with E-state index in [4.69, 9.17) is 4.74 Å². The molecule has 0 unspecified atom stereocenters. The maximum Gasteiger partial charge on any atom is 0.260 e. The highest BCUT2D eigenvalue weighted by molar-refractivity contribution is 5.94. The van der Waals surface area contributed by atoms with Crippen molar-refractivity contribution in [1.29, 1.82) is 0 Å². The van der Waals surface area contributed by atoms with Gasteiger partial charge in [-0.15, -0.1) is 0 Å². The van der Waals surface area contributed by atoms with Gasteiger partial charge in [0.05, 0.1) is 0 Å². The van der Waals surface area contributed by atoms with E-state index >= 15 is 0 Å². The molecule has 0 saturated carbocycles. The summed E-state index contributed by atoms with van der Waals surface area (Å²) in [4.78, 5) is 28.4. The number of aryl methyl sites for hydroxylation is 1. The number of hydrogen-bond acceptors (Lipinski definition) is 4. The van der Waals surface area contributed by atoms with E-state index in [0.717, 1.165) is 50.4 Å². The predicted octanol–water partition coefficient (Wildman–Crippen LogP) is 2.68. The van der Waals surface area contributed by atoms with Gasteiger partial charge in [0.15, 0.2) is 6.61 Å². The molecule has 2 aliphatic rings. The zero-order valence-electron chi connectivity index (χ0n) is 16.6. The van der Waals surface area contributed by atoms with Crippen LogP contribution in [-0.2, 0) is 22.6 Å². The average molecular weight is 393 g/mol. The van der Waals surface area contributed by atoms with Gasteiger partial charge in [-0.1, -0.05) is 30.3 Å². The van der Waals surface area contributed by atoms with Gasteiger partial charge in [0.2, 0.25) is 5.91 Å². The molecule has 29 heavy (non-hydrogen) atoms. The monoisotopic (exact) mass is 393 g/mol. The molecule has 0 atom stereocenters. The number of nitrogens with one attached hydrogen (secondary N) is 1. The molecule has 2 aromatic carbocycles. The van der Waals surface area contributed by atoms with E-state index < -0.39 is 0 Å². The molecule has 1 N–H and O–H groups in total. The lowest BCUT2D eigenvalue weighted by atomic mass is 10.0. The minimum absolute atomic E-state index is 0.0255. The van der Waals surface area contributed by atoms with Crippen molar-refractivity contribution >= 4 is 17.5 Å². The molecule has 2 aliphatic heterocycles. The molecule has 6 heteroatoms. The second kappa shape index (κ2) is 9.09. The third-order valence-corrected chi connectivity index (χ3v) is 5.52. The van der Waals surface area contributed by atoms with E-state index in [2.05, 4.69) is 34.5 Å². The predicted molar refractivity (Wildman–Crippen MR) is 112 cm³/mol. The number of benzene rings is 2. The minimum Gasteiger partial charge on any atom is -0.484 e. The highest BCUT2D eigenvalue weighted by Crippen LogP contribution is 2.26. The lowest BCUT2D eigenvalue weighted by Gasteiger charge is -2.22. The Kier molecular flexibility index (Phi) is 6.10. The summed E-state index contributed by atoms with van der Waals surface area (Å²) in [6, 6.07) is 16.0. The fraction of sp³-hybridized carbons (Fsp3) is 0.391. The number of amides is 2. The first kappa shape index (κ1) is 19.5. The molecule has 0 spiro atoms. The van der Waals surface area contributed by atoms with Crippen LogP contribution in [0.25, 0.3) is 0 Å². The van der Waals surface area contributed by atoms with Crippen molar-refractivity contribution < 1.29 is 14.3 Å². The highest BCUT2D eigenvalue weighted by Gasteiger charge is 2.20. The van der Waals surface area contributed by atoms with Crippen molar-refractivity contribution in [2.24, 2.45) is 0 Å². The molecular weight excluding hydrogens is 366 g/mol. The summed E-state index contributed by atoms with van der Waals surface area (Å²) >= 11 is 0. The highest BCUT2D eigenvalue weighted by atomic mass is 16.5. The van der Waals surface area contributed by atoms with Crippen LogP contribution in [0.15, 0.2) is 48.5 Å². The molecule has 0 bridgehead atoms. The molecule has 2 aromatic rings. The molecule has 4 rings (SSSR count). The van der Waals surface area contributed by atoms with Gasteiger partial charge in [-0.2, -0.15) is 0 Å². The first-order chi connectivity index (χ1) is 14.2. The molecule has 0 aromatic heterocycles. The molecule has 2 amide bonds. The van der Waals surface area contributed by atoms with Gasteiger partial charge in [0.1, 0.15) is 5.75 Å². The first-order valence-electron chi connectivity index (χ1n) is 10.3. The average Bonchev–Trinajstić information content (AvgIpc) is 2.98. The Bertz CT molecular complexity index is 869. The molecule has 6 nitrogen and oxygen atoms in total. The summed E-state index contributed by atoms with van der Waals surface area (Å²) < 4.78 is 5.76. The summed E-state index contributed by atoms with van der Waals surface area (Å²) in [5.74, 6) is 0.746. The Balaban J connectivity index is 1.27. The maximum atomic E-state index is 12.6. The first-order valence-corrected chi connectivity index (χ1v) is 10.3. The standard InChI is InChI=1S/C23H27N3O3/c27-22-10-7-19-15-20(8-9-21(19)24-22)29-17-23(28)26-12-4-11-25(13-14-26)16-18-5-2-1-3-6-18/h1-3,5-6,8-9,15H,4,7,10-14,16-17H2,(H,24,27). The van der Waals surface area contributed by atoms with Gasteiger partial charge in [-0.25, -0.2) is 0 Å². The minimum atomic E-state index is 0.0255. The Morgan fingerprint density at radius 3 is 2.72 bits per heavy atom. The van der Waals surface area contributed by atoms with Crippen LogP contribution in [0.4, 0.5) is 5.69 Å². The molecule has 2 heterocycles. The van der Waals surface area contributed by atoms with Crippen molar-refractivity contribution in [3.05, 3.63) is 59.7 Å². The van der Waals surface area contributed by atoms with Gasteiger partial charge in [0.25, 0.3) is 5.91 Å². The molecular formula is C23H27N3O3. The van der Waals surface area contributed by atoms with Crippen LogP contribution >= 0.6 is 0 Å². The molecule has 0 aliphatic carbocycles. The van der Waals surface area contributed by atoms with Crippen LogP contribution in [0, 0.1) is 0 Å². The van der Waals surface area contributed by atoms with E-state index in [1.165, 1.54) is 5.56 Å². The number of nitrogens with zero attached hydrogens (tertiary/aromatic N) is 2. The Morgan fingerprint density at radius 2 is 1.86 bits per heavy atom. The smallest absolute Gasteiger partial charge is 0.260 e. The third-order valence-electron chi connectivity index (χ3n) is 5.52. The van der Waals surface area contributed by atoms with Crippen LogP contribution in [0.5, 0.6) is 5.75 Å². The number of ether oxygens (including phenoxy) is 1. The van der Waals surface area contributed by atoms with Gasteiger partial charge in [-0.05, 0) is 42.2 Å². The maximum absolute atomic E-state index is 12.6. The van der Waals surface area contributed by atoms with Gasteiger partial charge >= 0.3 is 0 Å². The largest absolute Gasteiger partial charge is 0.484 e. The van der Waals surface area contributed by atoms with E-state index in [1.807, 2.05) is 29.2 Å². The SMILES string of the molecule is O=C1CCc2cc(OCC(=O)N3CCCN(Cc4ccccc4)CC3)ccc2N1. The number of carbonyl (C=O) groups is 2. The number of anilines is 1. The number of rotatable bonds is 5. The summed E-state index contributed by atoms with van der Waals surface area (Å²) in [7, 11) is 0. The fourth-order valence-electron chi connectivity index (χ4n) is 3.91. The van der Waals surface area contributed by atoms with Crippen LogP contribution in [0.1, 0.15) is 24.0 Å². The molecule has 1 saturated heterocycles. The summed E-state index contributed by atoms with van der Waals surface area (Å²) in [5, 5.41) is 2.86. The third kappa shape index (κ3) is 5.15. The van der Waals surface area contributed by atoms with Gasteiger partial charge in [-0.3, -0.25) is 14.5 Å². The van der Waals surface area contributed by atoms with E-state index in [9.17, 15) is 9.59 Å². The van der Waals surface area contributed by atoms with Crippen molar-refractivity contribution in [3.63, 3.8) is 0 Å². The number of hydrogen-bond donors (Lipinski definition) is 1. The zero-order valence-corrected chi connectivity index (χ0v) is 16.6. The van der Waals surface area contributed by atoms with Crippen molar-refractivity contribution in [1.82, 2.24) is 9.80 Å². The van der Waals surface area contributed by atoms with Crippen LogP contribution in [0.3, 0.4) is 0 Å². The number of fused-ring (bicyclic) bond motifs is 1. The fourth-order valence-corrected chi connectivity index (χ4v) is 3.91. The summed E-state index contributed by atoms with van der Waals surface area (Å²) in [5.41, 5.74) is 3.20. The Morgan fingerprint density at radius 1 is 1.00 bits per heavy atom. The molecule has 1 fully saturated rings. The summed E-state index contributed by atoms with van der Waals surface area (Å²) in [6.07, 6.45) is 2.16.